The molecule has 0 unspecified atom stereocenters. The number of ether oxygens (including phenoxy) is 1. The summed E-state index contributed by atoms with van der Waals surface area (Å²) in [6.45, 7) is 0. The van der Waals surface area contributed by atoms with Crippen molar-refractivity contribution in [2.75, 3.05) is 24.8 Å². The first-order valence-electron chi connectivity index (χ1n) is 5.99. The third-order valence-electron chi connectivity index (χ3n) is 2.74. The molecule has 2 aromatic rings. The summed E-state index contributed by atoms with van der Waals surface area (Å²) in [6, 6.07) is 7.88. The topological polar surface area (TPSA) is 89.3 Å². The molecule has 2 rings (SSSR count). The van der Waals surface area contributed by atoms with E-state index in [4.69, 9.17) is 16.3 Å². The van der Waals surface area contributed by atoms with Crippen molar-refractivity contribution in [1.82, 2.24) is 4.98 Å². The lowest BCUT2D eigenvalue weighted by Crippen LogP contribution is -2.02. The number of halogens is 1. The first-order valence-corrected chi connectivity index (χ1v) is 6.36. The van der Waals surface area contributed by atoms with Crippen LogP contribution in [-0.4, -0.2) is 24.1 Å². The molecular formula is C13H13ClN4O3. The monoisotopic (exact) mass is 308 g/mol. The maximum Gasteiger partial charge on any atom is 0.311 e. The number of aromatic nitrogens is 1. The second-order valence-corrected chi connectivity index (χ2v) is 4.45. The minimum atomic E-state index is -0.500. The molecule has 1 aromatic carbocycles. The number of anilines is 3. The van der Waals surface area contributed by atoms with Crippen molar-refractivity contribution in [2.24, 2.45) is 0 Å². The fourth-order valence-electron chi connectivity index (χ4n) is 1.71. The summed E-state index contributed by atoms with van der Waals surface area (Å²) < 4.78 is 5.06. The number of hydrogen-bond donors (Lipinski definition) is 2. The second kappa shape index (κ2) is 6.27. The molecule has 0 aliphatic rings. The molecular weight excluding hydrogens is 296 g/mol. The van der Waals surface area contributed by atoms with E-state index in [2.05, 4.69) is 15.6 Å². The zero-order valence-electron chi connectivity index (χ0n) is 11.4. The van der Waals surface area contributed by atoms with E-state index in [1.807, 2.05) is 0 Å². The van der Waals surface area contributed by atoms with E-state index in [9.17, 15) is 10.1 Å². The summed E-state index contributed by atoms with van der Waals surface area (Å²) in [4.78, 5) is 14.7. The Kier molecular flexibility index (Phi) is 4.44. The van der Waals surface area contributed by atoms with Crippen molar-refractivity contribution in [3.63, 3.8) is 0 Å². The van der Waals surface area contributed by atoms with E-state index < -0.39 is 4.92 Å². The molecule has 0 aliphatic carbocycles. The lowest BCUT2D eigenvalue weighted by atomic mass is 10.3. The van der Waals surface area contributed by atoms with Gasteiger partial charge >= 0.3 is 5.69 Å². The molecule has 0 amide bonds. The normalized spacial score (nSPS) is 10.0. The van der Waals surface area contributed by atoms with Gasteiger partial charge in [0.15, 0.2) is 0 Å². The first kappa shape index (κ1) is 14.9. The molecule has 110 valence electrons. The van der Waals surface area contributed by atoms with Gasteiger partial charge in [0, 0.05) is 18.8 Å². The van der Waals surface area contributed by atoms with Crippen LogP contribution in [-0.2, 0) is 0 Å². The van der Waals surface area contributed by atoms with Crippen molar-refractivity contribution < 1.29 is 9.66 Å². The molecule has 0 saturated carbocycles. The Labute approximate surface area is 126 Å². The third-order valence-corrected chi connectivity index (χ3v) is 3.04. The van der Waals surface area contributed by atoms with Crippen LogP contribution in [0.4, 0.5) is 23.0 Å². The molecule has 0 bridgehead atoms. The van der Waals surface area contributed by atoms with Gasteiger partial charge in [0.2, 0.25) is 5.82 Å². The van der Waals surface area contributed by atoms with Gasteiger partial charge in [0.1, 0.15) is 11.6 Å². The molecule has 0 saturated heterocycles. The molecule has 1 aromatic heterocycles. The number of pyridine rings is 1. The maximum atomic E-state index is 11.0. The van der Waals surface area contributed by atoms with Gasteiger partial charge in [-0.15, -0.1) is 0 Å². The van der Waals surface area contributed by atoms with E-state index in [1.165, 1.54) is 19.2 Å². The smallest absolute Gasteiger partial charge is 0.311 e. The summed E-state index contributed by atoms with van der Waals surface area (Å²) in [6.07, 6.45) is 0. The highest BCUT2D eigenvalue weighted by Crippen LogP contribution is 2.31. The Bertz CT molecular complexity index is 678. The first-order chi connectivity index (χ1) is 10.0. The molecule has 8 heteroatoms. The number of nitrogens with zero attached hydrogens (tertiary/aromatic N) is 2. The quantitative estimate of drug-likeness (QED) is 0.649. The zero-order chi connectivity index (χ0) is 15.4. The Morgan fingerprint density at radius 3 is 2.67 bits per heavy atom. The average Bonchev–Trinajstić information content (AvgIpc) is 2.47. The molecule has 1 heterocycles. The molecule has 0 spiro atoms. The highest BCUT2D eigenvalue weighted by atomic mass is 35.5. The summed E-state index contributed by atoms with van der Waals surface area (Å²) in [5, 5.41) is 17.2. The van der Waals surface area contributed by atoms with Crippen LogP contribution in [0.2, 0.25) is 5.02 Å². The van der Waals surface area contributed by atoms with E-state index in [1.54, 1.807) is 25.2 Å². The standard InChI is InChI=1S/C13H13ClN4O3/c1-15-12-6-4-10(18(19)20)13(17-12)16-8-3-5-11(21-2)9(14)7-8/h3-7H,1-2H3,(H2,15,16,17). The van der Waals surface area contributed by atoms with Crippen LogP contribution >= 0.6 is 11.6 Å². The van der Waals surface area contributed by atoms with Gasteiger partial charge in [-0.3, -0.25) is 10.1 Å². The largest absolute Gasteiger partial charge is 0.495 e. The van der Waals surface area contributed by atoms with Gasteiger partial charge in [0.05, 0.1) is 17.1 Å². The summed E-state index contributed by atoms with van der Waals surface area (Å²) >= 11 is 6.03. The number of rotatable bonds is 5. The third kappa shape index (κ3) is 3.32. The molecule has 7 nitrogen and oxygen atoms in total. The molecule has 0 atom stereocenters. The van der Waals surface area contributed by atoms with Crippen molar-refractivity contribution in [3.05, 3.63) is 45.5 Å². The van der Waals surface area contributed by atoms with Gasteiger partial charge in [-0.05, 0) is 24.3 Å². The van der Waals surface area contributed by atoms with Crippen molar-refractivity contribution in [1.29, 1.82) is 0 Å². The second-order valence-electron chi connectivity index (χ2n) is 4.05. The minimum absolute atomic E-state index is 0.124. The molecule has 0 aliphatic heterocycles. The number of benzene rings is 1. The molecule has 0 fully saturated rings. The number of nitro groups is 1. The Morgan fingerprint density at radius 2 is 2.10 bits per heavy atom. The van der Waals surface area contributed by atoms with Crippen LogP contribution in [0.25, 0.3) is 0 Å². The minimum Gasteiger partial charge on any atom is -0.495 e. The van der Waals surface area contributed by atoms with Crippen molar-refractivity contribution in [2.45, 2.75) is 0 Å². The fraction of sp³-hybridized carbons (Fsp3) is 0.154. The van der Waals surface area contributed by atoms with Crippen LogP contribution in [0, 0.1) is 10.1 Å². The molecule has 21 heavy (non-hydrogen) atoms. The summed E-state index contributed by atoms with van der Waals surface area (Å²) in [7, 11) is 3.19. The number of hydrogen-bond acceptors (Lipinski definition) is 6. The Hall–Kier alpha value is -2.54. The lowest BCUT2D eigenvalue weighted by molar-refractivity contribution is -0.384. The number of nitrogens with one attached hydrogen (secondary N) is 2. The van der Waals surface area contributed by atoms with Crippen LogP contribution in [0.3, 0.4) is 0 Å². The van der Waals surface area contributed by atoms with E-state index in [0.29, 0.717) is 22.3 Å². The summed E-state index contributed by atoms with van der Waals surface area (Å²) in [5.74, 6) is 1.17. The number of methoxy groups -OCH3 is 1. The van der Waals surface area contributed by atoms with E-state index in [-0.39, 0.29) is 11.5 Å². The van der Waals surface area contributed by atoms with Gasteiger partial charge in [-0.1, -0.05) is 11.6 Å². The van der Waals surface area contributed by atoms with Gasteiger partial charge in [-0.25, -0.2) is 4.98 Å². The van der Waals surface area contributed by atoms with Gasteiger partial charge < -0.3 is 15.4 Å². The fourth-order valence-corrected chi connectivity index (χ4v) is 1.97. The Morgan fingerprint density at radius 1 is 1.33 bits per heavy atom. The highest BCUT2D eigenvalue weighted by molar-refractivity contribution is 6.32. The van der Waals surface area contributed by atoms with Crippen LogP contribution < -0.4 is 15.4 Å². The zero-order valence-corrected chi connectivity index (χ0v) is 12.1. The van der Waals surface area contributed by atoms with E-state index >= 15 is 0 Å². The SMILES string of the molecule is CNc1ccc([N+](=O)[O-])c(Nc2ccc(OC)c(Cl)c2)n1. The van der Waals surface area contributed by atoms with Gasteiger partial charge in [0.25, 0.3) is 0 Å². The molecule has 0 radical (unpaired) electrons. The average molecular weight is 309 g/mol. The molecule has 2 N–H and O–H groups in total. The van der Waals surface area contributed by atoms with Crippen molar-refractivity contribution >= 4 is 34.6 Å². The van der Waals surface area contributed by atoms with Crippen LogP contribution in [0.15, 0.2) is 30.3 Å². The predicted octanol–water partition coefficient (Wildman–Crippen LogP) is 3.44. The van der Waals surface area contributed by atoms with Crippen molar-refractivity contribution in [3.8, 4) is 5.75 Å². The van der Waals surface area contributed by atoms with E-state index in [0.717, 1.165) is 0 Å². The Balaban J connectivity index is 2.37. The van der Waals surface area contributed by atoms with Crippen LogP contribution in [0.1, 0.15) is 0 Å². The van der Waals surface area contributed by atoms with Gasteiger partial charge in [-0.2, -0.15) is 0 Å². The maximum absolute atomic E-state index is 11.0. The van der Waals surface area contributed by atoms with Crippen LogP contribution in [0.5, 0.6) is 5.75 Å². The summed E-state index contributed by atoms with van der Waals surface area (Å²) in [5.41, 5.74) is 0.450. The lowest BCUT2D eigenvalue weighted by Gasteiger charge is -2.10. The highest BCUT2D eigenvalue weighted by Gasteiger charge is 2.16. The predicted molar refractivity (Wildman–Crippen MR) is 81.7 cm³/mol.